The van der Waals surface area contributed by atoms with Gasteiger partial charge in [-0.1, -0.05) is 28.1 Å². The van der Waals surface area contributed by atoms with Gasteiger partial charge in [0.1, 0.15) is 0 Å². The van der Waals surface area contributed by atoms with Gasteiger partial charge in [-0.25, -0.2) is 0 Å². The fourth-order valence-electron chi connectivity index (χ4n) is 3.39. The van der Waals surface area contributed by atoms with E-state index in [4.69, 9.17) is 4.74 Å². The zero-order chi connectivity index (χ0) is 14.3. The molecule has 2 atom stereocenters. The van der Waals surface area contributed by atoms with Crippen molar-refractivity contribution in [2.24, 2.45) is 5.92 Å². The molecule has 0 saturated carbocycles. The Morgan fingerprint density at radius 1 is 1.21 bits per heavy atom. The Balaban J connectivity index is 2.29. The minimum Gasteiger partial charge on any atom is -0.369 e. The van der Waals surface area contributed by atoms with E-state index in [9.17, 15) is 0 Å². The summed E-state index contributed by atoms with van der Waals surface area (Å²) in [5.41, 5.74) is 1.17. The van der Waals surface area contributed by atoms with Crippen molar-refractivity contribution in [1.29, 1.82) is 0 Å². The van der Waals surface area contributed by atoms with Gasteiger partial charge in [-0.15, -0.1) is 0 Å². The van der Waals surface area contributed by atoms with Crippen LogP contribution in [0.3, 0.4) is 0 Å². The molecule has 2 nitrogen and oxygen atoms in total. The molecule has 0 spiro atoms. The summed E-state index contributed by atoms with van der Waals surface area (Å²) in [5, 5.41) is 3.48. The summed E-state index contributed by atoms with van der Waals surface area (Å²) in [6.45, 7) is 8.78. The van der Waals surface area contributed by atoms with Crippen LogP contribution in [0.1, 0.15) is 45.7 Å². The first-order valence-corrected chi connectivity index (χ1v) is 7.67. The molecule has 2 rings (SSSR count). The highest BCUT2D eigenvalue weighted by Gasteiger charge is 2.48. The van der Waals surface area contributed by atoms with E-state index in [0.29, 0.717) is 12.0 Å². The number of hydrogen-bond donors (Lipinski definition) is 1. The molecule has 106 valence electrons. The molecule has 1 saturated heterocycles. The first-order valence-electron chi connectivity index (χ1n) is 6.88. The van der Waals surface area contributed by atoms with E-state index in [1.54, 1.807) is 0 Å². The minimum absolute atomic E-state index is 0.0430. The normalized spacial score (nSPS) is 26.3. The van der Waals surface area contributed by atoms with Gasteiger partial charge in [0.25, 0.3) is 0 Å². The summed E-state index contributed by atoms with van der Waals surface area (Å²) in [5.74, 6) is 0.466. The molecule has 2 unspecified atom stereocenters. The molecule has 0 aromatic heterocycles. The fraction of sp³-hybridized carbons (Fsp3) is 0.625. The molecule has 1 aliphatic rings. The molecule has 0 bridgehead atoms. The SMILES string of the molecule is CNC(c1ccc(Br)cc1)C1CC(C)(C)OC1(C)C. The van der Waals surface area contributed by atoms with E-state index in [1.807, 2.05) is 7.05 Å². The number of ether oxygens (including phenoxy) is 1. The van der Waals surface area contributed by atoms with E-state index in [2.05, 4.69) is 73.2 Å². The minimum atomic E-state index is -0.107. The van der Waals surface area contributed by atoms with Gasteiger partial charge in [0.2, 0.25) is 0 Å². The van der Waals surface area contributed by atoms with Gasteiger partial charge in [-0.05, 0) is 58.9 Å². The van der Waals surface area contributed by atoms with Gasteiger partial charge in [0, 0.05) is 16.4 Å². The summed E-state index contributed by atoms with van der Waals surface area (Å²) < 4.78 is 7.35. The predicted molar refractivity (Wildman–Crippen MR) is 83.3 cm³/mol. The van der Waals surface area contributed by atoms with Crippen molar-refractivity contribution in [3.63, 3.8) is 0 Å². The third kappa shape index (κ3) is 3.21. The van der Waals surface area contributed by atoms with E-state index < -0.39 is 0 Å². The third-order valence-corrected chi connectivity index (χ3v) is 4.61. The Morgan fingerprint density at radius 2 is 1.79 bits per heavy atom. The highest BCUT2D eigenvalue weighted by atomic mass is 79.9. The molecule has 1 aromatic rings. The zero-order valence-corrected chi connectivity index (χ0v) is 14.0. The molecular weight excluding hydrogens is 302 g/mol. The lowest BCUT2D eigenvalue weighted by atomic mass is 9.79. The Morgan fingerprint density at radius 3 is 2.21 bits per heavy atom. The largest absolute Gasteiger partial charge is 0.369 e. The van der Waals surface area contributed by atoms with E-state index in [1.165, 1.54) is 5.56 Å². The second kappa shape index (κ2) is 5.19. The predicted octanol–water partition coefficient (Wildman–Crippen LogP) is 4.30. The first-order chi connectivity index (χ1) is 8.75. The molecule has 1 fully saturated rings. The van der Waals surface area contributed by atoms with Crippen LogP contribution in [-0.2, 0) is 4.74 Å². The Labute approximate surface area is 125 Å². The highest BCUT2D eigenvalue weighted by Crippen LogP contribution is 2.47. The van der Waals surface area contributed by atoms with Gasteiger partial charge in [-0.3, -0.25) is 0 Å². The second-order valence-electron chi connectivity index (χ2n) is 6.59. The molecular formula is C16H24BrNO. The number of rotatable bonds is 3. The van der Waals surface area contributed by atoms with Crippen LogP contribution in [0.15, 0.2) is 28.7 Å². The topological polar surface area (TPSA) is 21.3 Å². The number of hydrogen-bond acceptors (Lipinski definition) is 2. The molecule has 0 amide bonds. The van der Waals surface area contributed by atoms with Crippen molar-refractivity contribution < 1.29 is 4.74 Å². The highest BCUT2D eigenvalue weighted by molar-refractivity contribution is 9.10. The van der Waals surface area contributed by atoms with Crippen LogP contribution in [0.5, 0.6) is 0 Å². The summed E-state index contributed by atoms with van der Waals surface area (Å²) in [4.78, 5) is 0. The summed E-state index contributed by atoms with van der Waals surface area (Å²) in [7, 11) is 2.04. The monoisotopic (exact) mass is 325 g/mol. The lowest BCUT2D eigenvalue weighted by Crippen LogP contribution is -2.37. The molecule has 1 heterocycles. The quantitative estimate of drug-likeness (QED) is 0.894. The van der Waals surface area contributed by atoms with Gasteiger partial charge in [0.15, 0.2) is 0 Å². The molecule has 1 N–H and O–H groups in total. The Hall–Kier alpha value is -0.380. The lowest BCUT2D eigenvalue weighted by Gasteiger charge is -2.33. The maximum Gasteiger partial charge on any atom is 0.0681 e. The van der Waals surface area contributed by atoms with Gasteiger partial charge < -0.3 is 10.1 Å². The summed E-state index contributed by atoms with van der Waals surface area (Å²) >= 11 is 3.50. The average molecular weight is 326 g/mol. The van der Waals surface area contributed by atoms with Crippen LogP contribution in [0.4, 0.5) is 0 Å². The Kier molecular flexibility index (Phi) is 4.10. The fourth-order valence-corrected chi connectivity index (χ4v) is 3.66. The van der Waals surface area contributed by atoms with Crippen LogP contribution in [0.25, 0.3) is 0 Å². The van der Waals surface area contributed by atoms with Gasteiger partial charge >= 0.3 is 0 Å². The zero-order valence-electron chi connectivity index (χ0n) is 12.5. The Bertz CT molecular complexity index is 439. The van der Waals surface area contributed by atoms with Crippen molar-refractivity contribution in [2.45, 2.75) is 51.4 Å². The lowest BCUT2D eigenvalue weighted by molar-refractivity contribution is -0.0776. The molecule has 0 aliphatic carbocycles. The van der Waals surface area contributed by atoms with Crippen molar-refractivity contribution in [3.05, 3.63) is 34.3 Å². The number of nitrogens with one attached hydrogen (secondary N) is 1. The smallest absolute Gasteiger partial charge is 0.0681 e. The van der Waals surface area contributed by atoms with Crippen LogP contribution in [-0.4, -0.2) is 18.2 Å². The number of benzene rings is 1. The summed E-state index contributed by atoms with van der Waals surface area (Å²) in [6.07, 6.45) is 1.07. The van der Waals surface area contributed by atoms with Crippen LogP contribution in [0.2, 0.25) is 0 Å². The molecule has 1 aliphatic heterocycles. The van der Waals surface area contributed by atoms with Gasteiger partial charge in [-0.2, -0.15) is 0 Å². The van der Waals surface area contributed by atoms with Crippen LogP contribution >= 0.6 is 15.9 Å². The number of halogens is 1. The molecule has 3 heteroatoms. The van der Waals surface area contributed by atoms with Crippen LogP contribution < -0.4 is 5.32 Å². The maximum absolute atomic E-state index is 6.23. The second-order valence-corrected chi connectivity index (χ2v) is 7.51. The van der Waals surface area contributed by atoms with E-state index >= 15 is 0 Å². The molecule has 19 heavy (non-hydrogen) atoms. The van der Waals surface area contributed by atoms with Crippen molar-refractivity contribution in [1.82, 2.24) is 5.32 Å². The van der Waals surface area contributed by atoms with Crippen molar-refractivity contribution in [2.75, 3.05) is 7.05 Å². The van der Waals surface area contributed by atoms with Gasteiger partial charge in [0.05, 0.1) is 11.2 Å². The maximum atomic E-state index is 6.23. The summed E-state index contributed by atoms with van der Waals surface area (Å²) in [6, 6.07) is 8.91. The third-order valence-electron chi connectivity index (χ3n) is 4.09. The van der Waals surface area contributed by atoms with Crippen molar-refractivity contribution >= 4 is 15.9 Å². The van der Waals surface area contributed by atoms with Crippen LogP contribution in [0, 0.1) is 5.92 Å². The molecule has 1 aromatic carbocycles. The van der Waals surface area contributed by atoms with E-state index in [0.717, 1.165) is 10.9 Å². The average Bonchev–Trinajstić information content (AvgIpc) is 2.51. The van der Waals surface area contributed by atoms with Crippen molar-refractivity contribution in [3.8, 4) is 0 Å². The van der Waals surface area contributed by atoms with E-state index in [-0.39, 0.29) is 11.2 Å². The molecule has 0 radical (unpaired) electrons. The standard InChI is InChI=1S/C16H24BrNO/c1-15(2)10-13(16(3,4)19-15)14(18-5)11-6-8-12(17)9-7-11/h6-9,13-14,18H,10H2,1-5H3. The first kappa shape index (κ1) is 15.0.